The highest BCUT2D eigenvalue weighted by atomic mass is 79.9. The number of hydrogen-bond donors (Lipinski definition) is 1. The smallest absolute Gasteiger partial charge is 0.00317 e. The molecule has 16 heavy (non-hydrogen) atoms. The monoisotopic (exact) mass is 291 g/mol. The Labute approximate surface area is 111 Å². The van der Waals surface area contributed by atoms with Crippen molar-refractivity contribution in [1.29, 1.82) is 0 Å². The number of rotatable bonds is 13. The Kier molecular flexibility index (Phi) is 15.9. The minimum Gasteiger partial charge on any atom is -0.317 e. The lowest BCUT2D eigenvalue weighted by atomic mass is 10.1. The van der Waals surface area contributed by atoms with Crippen molar-refractivity contribution < 1.29 is 0 Å². The van der Waals surface area contributed by atoms with E-state index in [1.807, 2.05) is 0 Å². The van der Waals surface area contributed by atoms with Gasteiger partial charge in [0, 0.05) is 5.33 Å². The van der Waals surface area contributed by atoms with E-state index >= 15 is 0 Å². The summed E-state index contributed by atoms with van der Waals surface area (Å²) in [6.45, 7) is 4.70. The van der Waals surface area contributed by atoms with Gasteiger partial charge in [0.05, 0.1) is 0 Å². The quantitative estimate of drug-likeness (QED) is 0.376. The van der Waals surface area contributed by atoms with Crippen molar-refractivity contribution >= 4 is 15.9 Å². The first-order valence-electron chi connectivity index (χ1n) is 7.18. The van der Waals surface area contributed by atoms with E-state index in [4.69, 9.17) is 0 Å². The van der Waals surface area contributed by atoms with Gasteiger partial charge in [-0.25, -0.2) is 0 Å². The molecule has 0 aromatic rings. The van der Waals surface area contributed by atoms with Crippen LogP contribution in [0.25, 0.3) is 0 Å². The van der Waals surface area contributed by atoms with Gasteiger partial charge in [0.2, 0.25) is 0 Å². The minimum atomic E-state index is 1.15. The van der Waals surface area contributed by atoms with E-state index in [2.05, 4.69) is 28.2 Å². The second-order valence-electron chi connectivity index (χ2n) is 4.62. The maximum absolute atomic E-state index is 3.51. The molecule has 0 saturated heterocycles. The molecule has 1 nitrogen and oxygen atoms in total. The van der Waals surface area contributed by atoms with E-state index < -0.39 is 0 Å². The van der Waals surface area contributed by atoms with Crippen LogP contribution in [0, 0.1) is 0 Å². The molecule has 0 amide bonds. The zero-order chi connectivity index (χ0) is 11.9. The summed E-state index contributed by atoms with van der Waals surface area (Å²) in [6, 6.07) is 0. The summed E-state index contributed by atoms with van der Waals surface area (Å²) >= 11 is 3.45. The summed E-state index contributed by atoms with van der Waals surface area (Å²) in [4.78, 5) is 0. The van der Waals surface area contributed by atoms with Gasteiger partial charge in [-0.3, -0.25) is 0 Å². The Morgan fingerprint density at radius 2 is 1.19 bits per heavy atom. The van der Waals surface area contributed by atoms with Gasteiger partial charge in [-0.1, -0.05) is 67.8 Å². The second-order valence-corrected chi connectivity index (χ2v) is 5.41. The molecule has 1 N–H and O–H groups in total. The van der Waals surface area contributed by atoms with Crippen LogP contribution in [0.1, 0.15) is 71.1 Å². The van der Waals surface area contributed by atoms with E-state index in [0.29, 0.717) is 0 Å². The van der Waals surface area contributed by atoms with Crippen molar-refractivity contribution in [1.82, 2.24) is 5.32 Å². The second kappa shape index (κ2) is 15.4. The largest absolute Gasteiger partial charge is 0.317 e. The first-order chi connectivity index (χ1) is 7.91. The maximum Gasteiger partial charge on any atom is 0.00317 e. The van der Waals surface area contributed by atoms with E-state index in [1.54, 1.807) is 0 Å². The number of unbranched alkanes of at least 4 members (excludes halogenated alkanes) is 8. The summed E-state index contributed by atoms with van der Waals surface area (Å²) < 4.78 is 0. The van der Waals surface area contributed by atoms with Crippen LogP contribution in [-0.2, 0) is 0 Å². The average molecular weight is 292 g/mol. The molecule has 0 bridgehead atoms. The third kappa shape index (κ3) is 14.4. The van der Waals surface area contributed by atoms with E-state index in [9.17, 15) is 0 Å². The molecule has 0 saturated carbocycles. The molecular formula is C14H30BrN. The van der Waals surface area contributed by atoms with Gasteiger partial charge in [0.1, 0.15) is 0 Å². The van der Waals surface area contributed by atoms with Gasteiger partial charge in [-0.2, -0.15) is 0 Å². The Hall–Kier alpha value is 0.440. The molecule has 0 aromatic heterocycles. The third-order valence-electron chi connectivity index (χ3n) is 2.94. The molecule has 2 heteroatoms. The Bertz CT molecular complexity index is 103. The Morgan fingerprint density at radius 1 is 0.688 bits per heavy atom. The predicted molar refractivity (Wildman–Crippen MR) is 78.5 cm³/mol. The molecule has 0 aliphatic carbocycles. The minimum absolute atomic E-state index is 1.15. The normalized spacial score (nSPS) is 10.9. The summed E-state index contributed by atoms with van der Waals surface area (Å²) in [6.07, 6.45) is 13.9. The fraction of sp³-hybridized carbons (Fsp3) is 1.00. The standard InChI is InChI=1S/C14H30BrN/c1-2-3-4-5-6-7-8-10-13-16-14-11-9-12-15/h16H,2-14H2,1H3. The van der Waals surface area contributed by atoms with Gasteiger partial charge in [-0.15, -0.1) is 0 Å². The lowest BCUT2D eigenvalue weighted by molar-refractivity contribution is 0.550. The van der Waals surface area contributed by atoms with E-state index in [1.165, 1.54) is 77.3 Å². The van der Waals surface area contributed by atoms with Crippen molar-refractivity contribution in [2.24, 2.45) is 0 Å². The molecule has 0 unspecified atom stereocenters. The Morgan fingerprint density at radius 3 is 1.75 bits per heavy atom. The van der Waals surface area contributed by atoms with Crippen LogP contribution in [0.4, 0.5) is 0 Å². The topological polar surface area (TPSA) is 12.0 Å². The number of alkyl halides is 1. The maximum atomic E-state index is 3.51. The first kappa shape index (κ1) is 16.4. The lowest BCUT2D eigenvalue weighted by Gasteiger charge is -2.04. The Balaban J connectivity index is 2.83. The molecule has 0 aliphatic rings. The van der Waals surface area contributed by atoms with Crippen molar-refractivity contribution in [2.75, 3.05) is 18.4 Å². The van der Waals surface area contributed by atoms with Crippen molar-refractivity contribution in [2.45, 2.75) is 71.1 Å². The van der Waals surface area contributed by atoms with Crippen molar-refractivity contribution in [3.8, 4) is 0 Å². The van der Waals surface area contributed by atoms with Gasteiger partial charge < -0.3 is 5.32 Å². The van der Waals surface area contributed by atoms with Crippen LogP contribution in [-0.4, -0.2) is 18.4 Å². The van der Waals surface area contributed by atoms with Gasteiger partial charge in [-0.05, 0) is 32.4 Å². The predicted octanol–water partition coefficient (Wildman–Crippen LogP) is 4.89. The van der Waals surface area contributed by atoms with E-state index in [-0.39, 0.29) is 0 Å². The third-order valence-corrected chi connectivity index (χ3v) is 3.51. The summed E-state index contributed by atoms with van der Waals surface area (Å²) in [7, 11) is 0. The fourth-order valence-electron chi connectivity index (χ4n) is 1.85. The van der Waals surface area contributed by atoms with Crippen molar-refractivity contribution in [3.05, 3.63) is 0 Å². The highest BCUT2D eigenvalue weighted by Gasteiger charge is 1.91. The number of hydrogen-bond acceptors (Lipinski definition) is 1. The molecule has 0 rings (SSSR count). The van der Waals surface area contributed by atoms with Crippen LogP contribution in [0.15, 0.2) is 0 Å². The van der Waals surface area contributed by atoms with Crippen LogP contribution in [0.3, 0.4) is 0 Å². The molecular weight excluding hydrogens is 262 g/mol. The van der Waals surface area contributed by atoms with Crippen LogP contribution in [0.2, 0.25) is 0 Å². The molecule has 0 atom stereocenters. The van der Waals surface area contributed by atoms with Gasteiger partial charge >= 0.3 is 0 Å². The highest BCUT2D eigenvalue weighted by Crippen LogP contribution is 2.07. The van der Waals surface area contributed by atoms with Crippen LogP contribution < -0.4 is 5.32 Å². The highest BCUT2D eigenvalue weighted by molar-refractivity contribution is 9.09. The summed E-state index contributed by atoms with van der Waals surface area (Å²) in [5.41, 5.74) is 0. The van der Waals surface area contributed by atoms with Crippen molar-refractivity contribution in [3.63, 3.8) is 0 Å². The number of nitrogens with one attached hydrogen (secondary N) is 1. The molecule has 0 aliphatic heterocycles. The number of halogens is 1. The summed E-state index contributed by atoms with van der Waals surface area (Å²) in [5, 5.41) is 4.66. The molecule has 0 radical (unpaired) electrons. The molecule has 0 aromatic carbocycles. The molecule has 0 fully saturated rings. The van der Waals surface area contributed by atoms with Gasteiger partial charge in [0.25, 0.3) is 0 Å². The average Bonchev–Trinajstić information content (AvgIpc) is 2.31. The fourth-order valence-corrected chi connectivity index (χ4v) is 2.25. The molecule has 98 valence electrons. The summed E-state index contributed by atoms with van der Waals surface area (Å²) in [5.74, 6) is 0. The van der Waals surface area contributed by atoms with E-state index in [0.717, 1.165) is 5.33 Å². The van der Waals surface area contributed by atoms with Gasteiger partial charge in [0.15, 0.2) is 0 Å². The zero-order valence-electron chi connectivity index (χ0n) is 11.1. The van der Waals surface area contributed by atoms with Crippen LogP contribution in [0.5, 0.6) is 0 Å². The zero-order valence-corrected chi connectivity index (χ0v) is 12.7. The molecule has 0 spiro atoms. The molecule has 0 heterocycles. The first-order valence-corrected chi connectivity index (χ1v) is 8.30. The SMILES string of the molecule is CCCCCCCCCCNCCCCBr. The van der Waals surface area contributed by atoms with Crippen LogP contribution >= 0.6 is 15.9 Å². The lowest BCUT2D eigenvalue weighted by Crippen LogP contribution is -2.16.